The fourth-order valence-electron chi connectivity index (χ4n) is 3.14. The minimum atomic E-state index is -0.128. The van der Waals surface area contributed by atoms with Gasteiger partial charge in [-0.15, -0.1) is 0 Å². The van der Waals surface area contributed by atoms with E-state index in [1.807, 2.05) is 19.1 Å². The van der Waals surface area contributed by atoms with E-state index in [-0.39, 0.29) is 11.9 Å². The molecule has 1 aliphatic rings. The van der Waals surface area contributed by atoms with Crippen LogP contribution in [0.5, 0.6) is 0 Å². The molecule has 0 amide bonds. The van der Waals surface area contributed by atoms with Gasteiger partial charge in [0.1, 0.15) is 5.82 Å². The van der Waals surface area contributed by atoms with Crippen LogP contribution in [0.3, 0.4) is 0 Å². The number of hydrogen-bond acceptors (Lipinski definition) is 1. The van der Waals surface area contributed by atoms with Crippen molar-refractivity contribution in [1.29, 1.82) is 0 Å². The predicted octanol–water partition coefficient (Wildman–Crippen LogP) is 4.55. The summed E-state index contributed by atoms with van der Waals surface area (Å²) < 4.78 is 13.9. The first kappa shape index (κ1) is 13.3. The molecule has 0 radical (unpaired) electrons. The maximum atomic E-state index is 13.9. The van der Waals surface area contributed by atoms with E-state index in [1.165, 1.54) is 23.6 Å². The lowest BCUT2D eigenvalue weighted by Gasteiger charge is -2.29. The first-order valence-corrected chi connectivity index (χ1v) is 7.34. The van der Waals surface area contributed by atoms with Crippen molar-refractivity contribution >= 4 is 0 Å². The zero-order chi connectivity index (χ0) is 13.9. The number of aryl methyl sites for hydroxylation is 1. The molecule has 2 aromatic rings. The third kappa shape index (κ3) is 2.61. The summed E-state index contributed by atoms with van der Waals surface area (Å²) in [7, 11) is 0. The van der Waals surface area contributed by atoms with Crippen molar-refractivity contribution in [1.82, 2.24) is 5.32 Å². The topological polar surface area (TPSA) is 12.0 Å². The van der Waals surface area contributed by atoms with Gasteiger partial charge in [-0.2, -0.15) is 0 Å². The lowest BCUT2D eigenvalue weighted by molar-refractivity contribution is 0.407. The molecule has 20 heavy (non-hydrogen) atoms. The Labute approximate surface area is 119 Å². The van der Waals surface area contributed by atoms with Crippen molar-refractivity contribution in [2.75, 3.05) is 0 Å². The number of hydrogen-bond donors (Lipinski definition) is 1. The maximum absolute atomic E-state index is 13.9. The van der Waals surface area contributed by atoms with Gasteiger partial charge < -0.3 is 5.32 Å². The highest BCUT2D eigenvalue weighted by atomic mass is 19.1. The fraction of sp³-hybridized carbons (Fsp3) is 0.333. The number of nitrogens with one attached hydrogen (secondary N) is 1. The van der Waals surface area contributed by atoms with E-state index < -0.39 is 0 Å². The molecule has 0 spiro atoms. The van der Waals surface area contributed by atoms with Crippen LogP contribution in [-0.4, -0.2) is 0 Å². The standard InChI is InChI=1S/C18H20FN/c1-13(15-9-4-5-11-17(15)19)20-18-12-6-8-14-7-2-3-10-16(14)18/h2-5,7,9-11,13,18,20H,6,8,12H2,1H3. The molecule has 2 unspecified atom stereocenters. The Balaban J connectivity index is 1.81. The summed E-state index contributed by atoms with van der Waals surface area (Å²) in [6, 6.07) is 16.0. The fourth-order valence-corrected chi connectivity index (χ4v) is 3.14. The van der Waals surface area contributed by atoms with Crippen molar-refractivity contribution in [3.05, 3.63) is 71.0 Å². The molecule has 0 bridgehead atoms. The second-order valence-corrected chi connectivity index (χ2v) is 5.55. The molecule has 2 aromatic carbocycles. The highest BCUT2D eigenvalue weighted by Crippen LogP contribution is 2.31. The molecule has 1 aliphatic carbocycles. The van der Waals surface area contributed by atoms with Crippen LogP contribution in [0.2, 0.25) is 0 Å². The third-order valence-corrected chi connectivity index (χ3v) is 4.19. The summed E-state index contributed by atoms with van der Waals surface area (Å²) in [5.41, 5.74) is 3.55. The van der Waals surface area contributed by atoms with E-state index in [1.54, 1.807) is 6.07 Å². The second kappa shape index (κ2) is 5.76. The third-order valence-electron chi connectivity index (χ3n) is 4.19. The average Bonchev–Trinajstić information content (AvgIpc) is 2.48. The van der Waals surface area contributed by atoms with Gasteiger partial charge in [-0.3, -0.25) is 0 Å². The Morgan fingerprint density at radius 3 is 2.70 bits per heavy atom. The first-order valence-electron chi connectivity index (χ1n) is 7.34. The van der Waals surface area contributed by atoms with Gasteiger partial charge in [0.15, 0.2) is 0 Å². The van der Waals surface area contributed by atoms with Gasteiger partial charge in [-0.1, -0.05) is 42.5 Å². The average molecular weight is 269 g/mol. The number of benzene rings is 2. The monoisotopic (exact) mass is 269 g/mol. The summed E-state index contributed by atoms with van der Waals surface area (Å²) in [6.07, 6.45) is 3.47. The van der Waals surface area contributed by atoms with Crippen molar-refractivity contribution in [2.45, 2.75) is 38.3 Å². The van der Waals surface area contributed by atoms with Gasteiger partial charge >= 0.3 is 0 Å². The molecular formula is C18H20FN. The molecule has 2 atom stereocenters. The molecule has 3 rings (SSSR count). The maximum Gasteiger partial charge on any atom is 0.127 e. The van der Waals surface area contributed by atoms with Gasteiger partial charge in [0.2, 0.25) is 0 Å². The molecule has 1 nitrogen and oxygen atoms in total. The molecule has 1 N–H and O–H groups in total. The number of fused-ring (bicyclic) bond motifs is 1. The van der Waals surface area contributed by atoms with Crippen LogP contribution in [0.4, 0.5) is 4.39 Å². The molecule has 2 heteroatoms. The Morgan fingerprint density at radius 2 is 1.85 bits per heavy atom. The Hall–Kier alpha value is -1.67. The molecule has 0 heterocycles. The van der Waals surface area contributed by atoms with Gasteiger partial charge in [-0.25, -0.2) is 4.39 Å². The summed E-state index contributed by atoms with van der Waals surface area (Å²) in [5, 5.41) is 3.59. The Kier molecular flexibility index (Phi) is 3.83. The lowest BCUT2D eigenvalue weighted by Crippen LogP contribution is -2.28. The van der Waals surface area contributed by atoms with E-state index >= 15 is 0 Å². The SMILES string of the molecule is CC(NC1CCCc2ccccc21)c1ccccc1F. The summed E-state index contributed by atoms with van der Waals surface area (Å²) in [5.74, 6) is -0.128. The molecular weight excluding hydrogens is 249 g/mol. The van der Waals surface area contributed by atoms with Crippen LogP contribution in [0.1, 0.15) is 48.5 Å². The molecule has 104 valence electrons. The van der Waals surface area contributed by atoms with Crippen molar-refractivity contribution < 1.29 is 4.39 Å². The second-order valence-electron chi connectivity index (χ2n) is 5.55. The van der Waals surface area contributed by atoms with Gasteiger partial charge in [-0.05, 0) is 43.4 Å². The van der Waals surface area contributed by atoms with Gasteiger partial charge in [0.25, 0.3) is 0 Å². The smallest absolute Gasteiger partial charge is 0.127 e. The first-order chi connectivity index (χ1) is 9.75. The number of rotatable bonds is 3. The highest BCUT2D eigenvalue weighted by molar-refractivity contribution is 5.32. The van der Waals surface area contributed by atoms with Crippen LogP contribution in [0, 0.1) is 5.82 Å². The molecule has 0 saturated heterocycles. The van der Waals surface area contributed by atoms with Crippen LogP contribution >= 0.6 is 0 Å². The molecule has 0 saturated carbocycles. The zero-order valence-electron chi connectivity index (χ0n) is 11.8. The van der Waals surface area contributed by atoms with E-state index in [0.717, 1.165) is 18.4 Å². The normalized spacial score (nSPS) is 19.4. The van der Waals surface area contributed by atoms with E-state index in [0.29, 0.717) is 6.04 Å². The van der Waals surface area contributed by atoms with E-state index in [2.05, 4.69) is 29.6 Å². The molecule has 0 fully saturated rings. The quantitative estimate of drug-likeness (QED) is 0.861. The zero-order valence-corrected chi connectivity index (χ0v) is 11.8. The van der Waals surface area contributed by atoms with Gasteiger partial charge in [0, 0.05) is 17.6 Å². The Morgan fingerprint density at radius 1 is 1.10 bits per heavy atom. The summed E-state index contributed by atoms with van der Waals surface area (Å²) in [4.78, 5) is 0. The van der Waals surface area contributed by atoms with Crippen molar-refractivity contribution in [2.24, 2.45) is 0 Å². The van der Waals surface area contributed by atoms with Crippen LogP contribution in [0.25, 0.3) is 0 Å². The molecule has 0 aromatic heterocycles. The van der Waals surface area contributed by atoms with E-state index in [9.17, 15) is 4.39 Å². The van der Waals surface area contributed by atoms with Crippen LogP contribution in [0.15, 0.2) is 48.5 Å². The van der Waals surface area contributed by atoms with Gasteiger partial charge in [0.05, 0.1) is 0 Å². The van der Waals surface area contributed by atoms with Crippen LogP contribution < -0.4 is 5.32 Å². The number of halogens is 1. The highest BCUT2D eigenvalue weighted by Gasteiger charge is 2.22. The largest absolute Gasteiger partial charge is 0.303 e. The minimum Gasteiger partial charge on any atom is -0.303 e. The van der Waals surface area contributed by atoms with E-state index in [4.69, 9.17) is 0 Å². The van der Waals surface area contributed by atoms with Crippen LogP contribution in [-0.2, 0) is 6.42 Å². The van der Waals surface area contributed by atoms with Crippen molar-refractivity contribution in [3.63, 3.8) is 0 Å². The Bertz CT molecular complexity index is 593. The lowest BCUT2D eigenvalue weighted by atomic mass is 9.87. The van der Waals surface area contributed by atoms with Crippen molar-refractivity contribution in [3.8, 4) is 0 Å². The summed E-state index contributed by atoms with van der Waals surface area (Å²) in [6.45, 7) is 2.04. The molecule has 0 aliphatic heterocycles. The minimum absolute atomic E-state index is 0.0207. The summed E-state index contributed by atoms with van der Waals surface area (Å²) >= 11 is 0. The predicted molar refractivity (Wildman–Crippen MR) is 80.1 cm³/mol.